The molecule has 0 bridgehead atoms. The molecule has 1 amide bonds. The number of carboxylic acids is 1. The molecule has 3 rings (SSSR count). The second-order valence-electron chi connectivity index (χ2n) is 5.29. The Morgan fingerprint density at radius 3 is 2.44 bits per heavy atom. The third kappa shape index (κ3) is 3.87. The summed E-state index contributed by atoms with van der Waals surface area (Å²) in [7, 11) is 0. The van der Waals surface area contributed by atoms with Crippen molar-refractivity contribution in [2.24, 2.45) is 4.99 Å². The number of aliphatic carboxylic acids is 1. The summed E-state index contributed by atoms with van der Waals surface area (Å²) in [6.45, 7) is 0. The van der Waals surface area contributed by atoms with Gasteiger partial charge in [-0.1, -0.05) is 60.1 Å². The van der Waals surface area contributed by atoms with Crippen molar-refractivity contribution in [1.82, 2.24) is 10.6 Å². The van der Waals surface area contributed by atoms with Crippen molar-refractivity contribution in [2.75, 3.05) is 0 Å². The first-order valence-corrected chi connectivity index (χ1v) is 7.82. The van der Waals surface area contributed by atoms with Crippen LogP contribution in [0.3, 0.4) is 0 Å². The number of carbonyl (C=O) groups excluding carboxylic acids is 1. The minimum atomic E-state index is -1.12. The maximum absolute atomic E-state index is 12.1. The van der Waals surface area contributed by atoms with Gasteiger partial charge >= 0.3 is 5.97 Å². The second-order valence-corrected chi connectivity index (χ2v) is 5.70. The van der Waals surface area contributed by atoms with Gasteiger partial charge in [-0.3, -0.25) is 10.1 Å². The minimum absolute atomic E-state index is 0.0829. The van der Waals surface area contributed by atoms with E-state index in [9.17, 15) is 14.7 Å². The number of guanidine groups is 1. The molecular weight excluding hydrogens is 342 g/mol. The van der Waals surface area contributed by atoms with Gasteiger partial charge in [0.2, 0.25) is 5.96 Å². The first kappa shape index (κ1) is 16.7. The van der Waals surface area contributed by atoms with Crippen molar-refractivity contribution in [3.05, 3.63) is 76.4 Å². The van der Waals surface area contributed by atoms with Crippen LogP contribution in [-0.2, 0) is 9.59 Å². The number of hydrogen-bond donors (Lipinski definition) is 3. The topological polar surface area (TPSA) is 90.8 Å². The summed E-state index contributed by atoms with van der Waals surface area (Å²) in [6, 6.07) is 14.5. The van der Waals surface area contributed by atoms with Crippen molar-refractivity contribution in [3.8, 4) is 0 Å². The number of hydrogen-bond acceptors (Lipinski definition) is 3. The first-order chi connectivity index (χ1) is 12.0. The smallest absolute Gasteiger partial charge is 0.333 e. The van der Waals surface area contributed by atoms with Gasteiger partial charge in [-0.25, -0.2) is 9.79 Å². The van der Waals surface area contributed by atoms with Crippen molar-refractivity contribution in [1.29, 1.82) is 0 Å². The molecule has 1 atom stereocenters. The molecule has 3 N–H and O–H groups in total. The number of nitrogens with one attached hydrogen (secondary N) is 2. The highest BCUT2D eigenvalue weighted by molar-refractivity contribution is 6.32. The average molecular weight is 356 g/mol. The quantitative estimate of drug-likeness (QED) is 0.735. The number of halogens is 1. The number of benzene rings is 2. The Morgan fingerprint density at radius 1 is 1.08 bits per heavy atom. The average Bonchev–Trinajstić information content (AvgIpc) is 2.95. The molecule has 1 heterocycles. The van der Waals surface area contributed by atoms with Crippen LogP contribution in [0.15, 0.2) is 65.3 Å². The molecule has 1 aliphatic rings. The summed E-state index contributed by atoms with van der Waals surface area (Å²) in [5, 5.41) is 15.2. The summed E-state index contributed by atoms with van der Waals surface area (Å²) >= 11 is 6.08. The molecule has 6 nitrogen and oxygen atoms in total. The Hall–Kier alpha value is -3.12. The Kier molecular flexibility index (Phi) is 4.81. The number of nitrogens with zero attached hydrogens (tertiary/aromatic N) is 1. The van der Waals surface area contributed by atoms with E-state index in [1.807, 2.05) is 0 Å². The number of rotatable bonds is 4. The zero-order valence-corrected chi connectivity index (χ0v) is 13.7. The van der Waals surface area contributed by atoms with Gasteiger partial charge in [0, 0.05) is 5.02 Å². The van der Waals surface area contributed by atoms with Gasteiger partial charge in [0.1, 0.15) is 5.70 Å². The van der Waals surface area contributed by atoms with Gasteiger partial charge in [-0.2, -0.15) is 0 Å². The zero-order valence-electron chi connectivity index (χ0n) is 12.9. The molecule has 1 fully saturated rings. The van der Waals surface area contributed by atoms with Crippen LogP contribution in [0.4, 0.5) is 0 Å². The SMILES string of the molecule is O=C1NC(=NC(C(=O)O)c2ccccc2)N/C1=C/c1ccccc1Cl. The third-order valence-electron chi connectivity index (χ3n) is 3.54. The fraction of sp³-hybridized carbons (Fsp3) is 0.0556. The molecule has 2 aromatic rings. The van der Waals surface area contributed by atoms with E-state index in [-0.39, 0.29) is 11.7 Å². The Labute approximate surface area is 148 Å². The van der Waals surface area contributed by atoms with Crippen LogP contribution < -0.4 is 10.6 Å². The molecule has 126 valence electrons. The van der Waals surface area contributed by atoms with Crippen LogP contribution in [0.5, 0.6) is 0 Å². The molecule has 1 unspecified atom stereocenters. The number of carboxylic acid groups (broad SMARTS) is 1. The summed E-state index contributed by atoms with van der Waals surface area (Å²) < 4.78 is 0. The van der Waals surface area contributed by atoms with Crippen LogP contribution in [0.2, 0.25) is 5.02 Å². The maximum atomic E-state index is 12.1. The molecular formula is C18H14ClN3O3. The van der Waals surface area contributed by atoms with Gasteiger partial charge in [0.15, 0.2) is 6.04 Å². The Bertz CT molecular complexity index is 878. The zero-order chi connectivity index (χ0) is 17.8. The largest absolute Gasteiger partial charge is 0.479 e. The molecule has 0 aromatic heterocycles. The lowest BCUT2D eigenvalue weighted by Crippen LogP contribution is -2.27. The van der Waals surface area contributed by atoms with Crippen molar-refractivity contribution < 1.29 is 14.7 Å². The number of carbonyl (C=O) groups is 2. The molecule has 0 saturated carbocycles. The van der Waals surface area contributed by atoms with Crippen molar-refractivity contribution in [2.45, 2.75) is 6.04 Å². The maximum Gasteiger partial charge on any atom is 0.333 e. The lowest BCUT2D eigenvalue weighted by atomic mass is 10.1. The van der Waals surface area contributed by atoms with Crippen LogP contribution in [0.1, 0.15) is 17.2 Å². The number of aliphatic imine (C=N–C) groups is 1. The Morgan fingerprint density at radius 2 is 1.76 bits per heavy atom. The highest BCUT2D eigenvalue weighted by Crippen LogP contribution is 2.20. The van der Waals surface area contributed by atoms with E-state index in [1.54, 1.807) is 60.7 Å². The standard InChI is InChI=1S/C18H14ClN3O3/c19-13-9-5-4-8-12(13)10-14-16(23)22-18(20-14)21-15(17(24)25)11-6-2-1-3-7-11/h1-10,15H,(H,24,25)(H2,20,21,22,23)/b14-10+. The van der Waals surface area contributed by atoms with Crippen LogP contribution in [0, 0.1) is 0 Å². The third-order valence-corrected chi connectivity index (χ3v) is 3.89. The van der Waals surface area contributed by atoms with Gasteiger partial charge < -0.3 is 10.4 Å². The highest BCUT2D eigenvalue weighted by Gasteiger charge is 2.26. The van der Waals surface area contributed by atoms with E-state index in [2.05, 4.69) is 15.6 Å². The predicted molar refractivity (Wildman–Crippen MR) is 95.0 cm³/mol. The molecule has 7 heteroatoms. The second kappa shape index (κ2) is 7.19. The summed E-state index contributed by atoms with van der Waals surface area (Å²) in [5.41, 5.74) is 1.42. The molecule has 25 heavy (non-hydrogen) atoms. The van der Waals surface area contributed by atoms with E-state index < -0.39 is 17.9 Å². The van der Waals surface area contributed by atoms with E-state index in [1.165, 1.54) is 0 Å². The predicted octanol–water partition coefficient (Wildman–Crippen LogP) is 2.58. The van der Waals surface area contributed by atoms with Crippen molar-refractivity contribution >= 4 is 35.5 Å². The molecule has 0 spiro atoms. The van der Waals surface area contributed by atoms with Crippen LogP contribution in [0.25, 0.3) is 6.08 Å². The normalized spacial score (nSPS) is 18.0. The van der Waals surface area contributed by atoms with Gasteiger partial charge in [0.25, 0.3) is 5.91 Å². The molecule has 0 aliphatic carbocycles. The Balaban J connectivity index is 1.87. The summed E-state index contributed by atoms with van der Waals surface area (Å²) in [5.74, 6) is -1.44. The molecule has 2 aromatic carbocycles. The fourth-order valence-corrected chi connectivity index (χ4v) is 2.53. The van der Waals surface area contributed by atoms with Gasteiger partial charge in [-0.15, -0.1) is 0 Å². The van der Waals surface area contributed by atoms with Crippen molar-refractivity contribution in [3.63, 3.8) is 0 Å². The number of amides is 1. The minimum Gasteiger partial charge on any atom is -0.479 e. The first-order valence-electron chi connectivity index (χ1n) is 7.45. The van der Waals surface area contributed by atoms with Gasteiger partial charge in [0.05, 0.1) is 0 Å². The van der Waals surface area contributed by atoms with E-state index in [0.717, 1.165) is 0 Å². The van der Waals surface area contributed by atoms with E-state index in [0.29, 0.717) is 16.1 Å². The highest BCUT2D eigenvalue weighted by atomic mass is 35.5. The van der Waals surface area contributed by atoms with E-state index >= 15 is 0 Å². The molecule has 1 saturated heterocycles. The van der Waals surface area contributed by atoms with E-state index in [4.69, 9.17) is 11.6 Å². The van der Waals surface area contributed by atoms with Crippen LogP contribution in [-0.4, -0.2) is 22.9 Å². The lowest BCUT2D eigenvalue weighted by Gasteiger charge is -2.08. The summed E-state index contributed by atoms with van der Waals surface area (Å²) in [4.78, 5) is 27.7. The van der Waals surface area contributed by atoms with Crippen LogP contribution >= 0.6 is 11.6 Å². The summed E-state index contributed by atoms with van der Waals surface area (Å²) in [6.07, 6.45) is 1.58. The molecule has 1 aliphatic heterocycles. The molecule has 0 radical (unpaired) electrons. The lowest BCUT2D eigenvalue weighted by molar-refractivity contribution is -0.138. The van der Waals surface area contributed by atoms with Gasteiger partial charge in [-0.05, 0) is 23.3 Å². The monoisotopic (exact) mass is 355 g/mol. The fourth-order valence-electron chi connectivity index (χ4n) is 2.34.